The Balaban J connectivity index is 1.37. The first-order valence-electron chi connectivity index (χ1n) is 12.7. The van der Waals surface area contributed by atoms with Gasteiger partial charge in [-0.3, -0.25) is 14.5 Å². The highest BCUT2D eigenvalue weighted by Gasteiger charge is 2.48. The first-order valence-corrected chi connectivity index (χ1v) is 14.9. The van der Waals surface area contributed by atoms with Crippen LogP contribution in [-0.4, -0.2) is 34.1 Å². The number of rotatable bonds is 7. The monoisotopic (exact) mass is 617 g/mol. The summed E-state index contributed by atoms with van der Waals surface area (Å²) >= 11 is 8.74. The van der Waals surface area contributed by atoms with Crippen molar-refractivity contribution in [3.05, 3.63) is 118 Å². The Hall–Kier alpha value is -4.25. The molecule has 11 heteroatoms. The lowest BCUT2D eigenvalue weighted by Crippen LogP contribution is -2.29. The number of hydrogen-bond donors (Lipinski definition) is 1. The summed E-state index contributed by atoms with van der Waals surface area (Å²) in [5, 5.41) is 22.7. The van der Waals surface area contributed by atoms with E-state index >= 15 is 0 Å². The van der Waals surface area contributed by atoms with Crippen molar-refractivity contribution in [2.75, 3.05) is 12.0 Å². The lowest BCUT2D eigenvalue weighted by atomic mass is 9.95. The van der Waals surface area contributed by atoms with E-state index in [0.717, 1.165) is 22.4 Å². The number of aliphatic hydroxyl groups is 1. The van der Waals surface area contributed by atoms with Gasteiger partial charge in [-0.1, -0.05) is 89.3 Å². The quantitative estimate of drug-likeness (QED) is 0.0668. The van der Waals surface area contributed by atoms with Gasteiger partial charge in [0.1, 0.15) is 5.76 Å². The van der Waals surface area contributed by atoms with Crippen LogP contribution in [0.1, 0.15) is 22.7 Å². The molecule has 1 fully saturated rings. The number of Topliss-reactive ketones (excluding diaryl/α,β-unsaturated/α-hetero) is 1. The molecule has 1 aromatic heterocycles. The first-order chi connectivity index (χ1) is 20.4. The van der Waals surface area contributed by atoms with Gasteiger partial charge in [0, 0.05) is 16.3 Å². The van der Waals surface area contributed by atoms with Crippen molar-refractivity contribution in [3.8, 4) is 5.75 Å². The van der Waals surface area contributed by atoms with Crippen LogP contribution in [0.4, 0.5) is 9.52 Å². The highest BCUT2D eigenvalue weighted by atomic mass is 35.5. The van der Waals surface area contributed by atoms with Gasteiger partial charge in [-0.2, -0.15) is 0 Å². The number of halogens is 2. The summed E-state index contributed by atoms with van der Waals surface area (Å²) in [6.45, 7) is 0. The molecule has 42 heavy (non-hydrogen) atoms. The van der Waals surface area contributed by atoms with Crippen LogP contribution in [-0.2, 0) is 15.3 Å². The van der Waals surface area contributed by atoms with Crippen LogP contribution in [0, 0.1) is 5.82 Å². The topological polar surface area (TPSA) is 92.6 Å². The van der Waals surface area contributed by atoms with Gasteiger partial charge < -0.3 is 9.84 Å². The van der Waals surface area contributed by atoms with Crippen molar-refractivity contribution < 1.29 is 23.8 Å². The zero-order valence-corrected chi connectivity index (χ0v) is 24.3. The number of methoxy groups -OCH3 is 1. The van der Waals surface area contributed by atoms with Gasteiger partial charge in [-0.25, -0.2) is 4.39 Å². The molecule has 4 aromatic carbocycles. The van der Waals surface area contributed by atoms with Gasteiger partial charge in [-0.05, 0) is 52.2 Å². The fourth-order valence-electron chi connectivity index (χ4n) is 4.88. The van der Waals surface area contributed by atoms with Crippen molar-refractivity contribution in [1.82, 2.24) is 10.2 Å². The second kappa shape index (κ2) is 11.6. The van der Waals surface area contributed by atoms with Crippen molar-refractivity contribution in [2.24, 2.45) is 0 Å². The van der Waals surface area contributed by atoms with Gasteiger partial charge in [0.2, 0.25) is 5.13 Å². The van der Waals surface area contributed by atoms with Crippen LogP contribution in [0.25, 0.3) is 16.5 Å². The zero-order chi connectivity index (χ0) is 29.4. The molecule has 1 atom stereocenters. The largest absolute Gasteiger partial charge is 0.507 e. The molecule has 0 unspecified atom stereocenters. The number of ketones is 1. The molecule has 0 aliphatic carbocycles. The highest BCUT2D eigenvalue weighted by molar-refractivity contribution is 8.00. The Morgan fingerprint density at radius 3 is 2.57 bits per heavy atom. The Morgan fingerprint density at radius 2 is 1.81 bits per heavy atom. The van der Waals surface area contributed by atoms with Crippen LogP contribution in [0.2, 0.25) is 5.02 Å². The van der Waals surface area contributed by atoms with Crippen LogP contribution in [0.15, 0.2) is 94.8 Å². The predicted octanol–water partition coefficient (Wildman–Crippen LogP) is 7.41. The second-order valence-corrected chi connectivity index (χ2v) is 12.0. The van der Waals surface area contributed by atoms with Crippen LogP contribution < -0.4 is 9.64 Å². The number of hydrogen-bond acceptors (Lipinski definition) is 8. The molecule has 1 amide bonds. The molecular weight excluding hydrogens is 597 g/mol. The molecule has 0 radical (unpaired) electrons. The van der Waals surface area contributed by atoms with Gasteiger partial charge in [0.05, 0.1) is 18.7 Å². The van der Waals surface area contributed by atoms with E-state index in [0.29, 0.717) is 20.7 Å². The smallest absolute Gasteiger partial charge is 0.301 e. The maximum absolute atomic E-state index is 14.5. The molecule has 210 valence electrons. The molecule has 0 spiro atoms. The van der Waals surface area contributed by atoms with E-state index in [9.17, 15) is 19.1 Å². The van der Waals surface area contributed by atoms with E-state index in [4.69, 9.17) is 16.3 Å². The van der Waals surface area contributed by atoms with Crippen molar-refractivity contribution >= 4 is 68.1 Å². The van der Waals surface area contributed by atoms with Gasteiger partial charge in [-0.15, -0.1) is 10.2 Å². The van der Waals surface area contributed by atoms with Crippen LogP contribution >= 0.6 is 34.7 Å². The van der Waals surface area contributed by atoms with Crippen LogP contribution in [0.3, 0.4) is 0 Å². The third kappa shape index (κ3) is 5.13. The lowest BCUT2D eigenvalue weighted by Gasteiger charge is -2.22. The first kappa shape index (κ1) is 27.9. The molecule has 1 aliphatic heterocycles. The maximum atomic E-state index is 14.5. The Labute approximate surface area is 253 Å². The summed E-state index contributed by atoms with van der Waals surface area (Å²) in [4.78, 5) is 28.1. The van der Waals surface area contributed by atoms with Crippen molar-refractivity contribution in [3.63, 3.8) is 0 Å². The molecular formula is C31H21ClFN3O4S2. The summed E-state index contributed by atoms with van der Waals surface area (Å²) in [5.74, 6) is -2.46. The Morgan fingerprint density at radius 1 is 1.05 bits per heavy atom. The molecule has 0 bridgehead atoms. The number of aliphatic hydroxyl groups excluding tert-OH is 1. The molecule has 2 heterocycles. The molecule has 7 nitrogen and oxygen atoms in total. The van der Waals surface area contributed by atoms with Crippen molar-refractivity contribution in [1.29, 1.82) is 0 Å². The van der Waals surface area contributed by atoms with Crippen LogP contribution in [0.5, 0.6) is 5.75 Å². The number of ether oxygens (including phenoxy) is 1. The molecule has 1 saturated heterocycles. The zero-order valence-electron chi connectivity index (χ0n) is 22.0. The molecule has 0 saturated carbocycles. The standard InChI is InChI=1S/C31H21ClFN3O4S2/c1-40-24-14-11-19(15-23(24)33)27(37)25-26(18-9-12-21(32)13-10-18)36(29(39)28(25)38)30-34-35-31(42-30)41-16-20-7-4-6-17-5-2-3-8-22(17)20/h2-15,26,37H,16H2,1H3/t26-/m0/s1. The second-order valence-electron chi connectivity index (χ2n) is 9.35. The van der Waals surface area contributed by atoms with E-state index in [1.807, 2.05) is 18.2 Å². The third-order valence-electron chi connectivity index (χ3n) is 6.89. The lowest BCUT2D eigenvalue weighted by molar-refractivity contribution is -0.132. The number of aromatic nitrogens is 2. The summed E-state index contributed by atoms with van der Waals surface area (Å²) in [6.07, 6.45) is 0. The SMILES string of the molecule is COc1ccc(C(O)=C2C(=O)C(=O)N(c3nnc(SCc4cccc5ccccc45)s3)[C@H]2c2ccc(Cl)cc2)cc1F. The number of thioether (sulfide) groups is 1. The summed E-state index contributed by atoms with van der Waals surface area (Å²) < 4.78 is 20.1. The fourth-order valence-corrected chi connectivity index (χ4v) is 6.87. The Kier molecular flexibility index (Phi) is 7.68. The summed E-state index contributed by atoms with van der Waals surface area (Å²) in [5.41, 5.74) is 1.46. The van der Waals surface area contributed by atoms with Gasteiger partial charge >= 0.3 is 5.91 Å². The average Bonchev–Trinajstić information content (AvgIpc) is 3.57. The number of benzene rings is 4. The third-order valence-corrected chi connectivity index (χ3v) is 9.25. The van der Waals surface area contributed by atoms with Gasteiger partial charge in [0.15, 0.2) is 15.9 Å². The summed E-state index contributed by atoms with van der Waals surface area (Å²) in [6, 6.07) is 23.5. The Bertz CT molecular complexity index is 1870. The molecule has 6 rings (SSSR count). The predicted molar refractivity (Wildman–Crippen MR) is 163 cm³/mol. The molecule has 1 aliphatic rings. The van der Waals surface area contributed by atoms with Gasteiger partial charge in [0.25, 0.3) is 5.78 Å². The normalized spacial score (nSPS) is 16.4. The average molecular weight is 618 g/mol. The number of fused-ring (bicyclic) bond motifs is 1. The number of anilines is 1. The highest BCUT2D eigenvalue weighted by Crippen LogP contribution is 2.44. The number of carbonyl (C=O) groups excluding carboxylic acids is 2. The van der Waals surface area contributed by atoms with E-state index in [2.05, 4.69) is 34.5 Å². The van der Waals surface area contributed by atoms with E-state index in [-0.39, 0.29) is 22.0 Å². The summed E-state index contributed by atoms with van der Waals surface area (Å²) in [7, 11) is 1.32. The van der Waals surface area contributed by atoms with E-state index < -0.39 is 29.3 Å². The van der Waals surface area contributed by atoms with E-state index in [1.165, 1.54) is 47.2 Å². The molecule has 5 aromatic rings. The number of amides is 1. The maximum Gasteiger partial charge on any atom is 0.301 e. The minimum absolute atomic E-state index is 0.0221. The number of carbonyl (C=O) groups is 2. The molecule has 1 N–H and O–H groups in total. The van der Waals surface area contributed by atoms with E-state index in [1.54, 1.807) is 24.3 Å². The number of nitrogens with zero attached hydrogens (tertiary/aromatic N) is 3. The van der Waals surface area contributed by atoms with Crippen molar-refractivity contribution in [2.45, 2.75) is 16.1 Å². The minimum atomic E-state index is -1.05. The minimum Gasteiger partial charge on any atom is -0.507 e. The fraction of sp³-hybridized carbons (Fsp3) is 0.0968.